The van der Waals surface area contributed by atoms with Crippen LogP contribution in [0.4, 0.5) is 4.79 Å². The Bertz CT molecular complexity index is 2380. The van der Waals surface area contributed by atoms with Gasteiger partial charge in [-0.2, -0.15) is 0 Å². The van der Waals surface area contributed by atoms with Gasteiger partial charge in [-0.1, -0.05) is 146 Å². The van der Waals surface area contributed by atoms with Gasteiger partial charge in [-0.05, 0) is 72.4 Å². The fourth-order valence-corrected chi connectivity index (χ4v) is 10.9. The van der Waals surface area contributed by atoms with Gasteiger partial charge in [0.2, 0.25) is 0 Å². The molecule has 0 aromatic heterocycles. The first-order valence-electron chi connectivity index (χ1n) is 20.5. The molecule has 6 aromatic carbocycles. The molecule has 1 saturated heterocycles. The van der Waals surface area contributed by atoms with Crippen LogP contribution in [-0.4, -0.2) is 80.6 Å². The van der Waals surface area contributed by atoms with E-state index in [1.54, 1.807) is 42.1 Å². The number of nitrogens with zero attached hydrogens (tertiary/aromatic N) is 1. The lowest BCUT2D eigenvalue weighted by atomic mass is 9.84. The number of amides is 1. The highest BCUT2D eigenvalue weighted by Crippen LogP contribution is 2.49. The maximum atomic E-state index is 14.5. The highest BCUT2D eigenvalue weighted by molar-refractivity contribution is 8.00. The molecule has 0 spiro atoms. The van der Waals surface area contributed by atoms with Gasteiger partial charge in [-0.15, -0.1) is 11.8 Å². The van der Waals surface area contributed by atoms with Crippen molar-refractivity contribution in [3.63, 3.8) is 0 Å². The summed E-state index contributed by atoms with van der Waals surface area (Å²) in [5, 5.41) is 8.33. The molecule has 1 heterocycles. The lowest BCUT2D eigenvalue weighted by Gasteiger charge is -2.37. The fraction of sp³-hybridized carbons (Fsp3) is 0.280. The van der Waals surface area contributed by atoms with Crippen LogP contribution in [0.3, 0.4) is 0 Å². The molecule has 10 heteroatoms. The molecular weight excluding hydrogens is 787 g/mol. The summed E-state index contributed by atoms with van der Waals surface area (Å²) in [6.45, 7) is 7.46. The number of Topliss-reactive ketones (excluding diaryl/α,β-unsaturated/α-hetero) is 1. The van der Waals surface area contributed by atoms with Gasteiger partial charge >= 0.3 is 6.09 Å². The predicted molar refractivity (Wildman–Crippen MR) is 244 cm³/mol. The van der Waals surface area contributed by atoms with E-state index in [1.165, 1.54) is 0 Å². The molecule has 2 atom stereocenters. The van der Waals surface area contributed by atoms with Crippen molar-refractivity contribution in [2.24, 2.45) is 0 Å². The van der Waals surface area contributed by atoms with E-state index >= 15 is 0 Å². The van der Waals surface area contributed by atoms with E-state index < -0.39 is 32.3 Å². The standard InChI is InChI=1S/C50H53N3O5S2/c1-49(2,3)58-48(55)52-41(36-59-50(38-18-8-4-9-19-38,39-20-10-5-11-21-39)40-22-12-6-13-23-40)34-37-28-29-45(44-27-17-16-26-43(37)44)47(54)46-35-51-30-31-53(46)32-33-60(56,57)42-24-14-7-15-25-42/h4-29,41,46,51H,30-36H2,1-3H3,(H,52,55)/t41-,46?/m0/s1. The van der Waals surface area contributed by atoms with Gasteiger partial charge in [0.15, 0.2) is 15.6 Å². The predicted octanol–water partition coefficient (Wildman–Crippen LogP) is 8.93. The molecule has 0 saturated carbocycles. The number of fused-ring (bicyclic) bond motifs is 1. The number of benzene rings is 6. The number of ether oxygens (including phenoxy) is 1. The number of thioether (sulfide) groups is 1. The Morgan fingerprint density at radius 3 is 1.85 bits per heavy atom. The van der Waals surface area contributed by atoms with Crippen molar-refractivity contribution in [2.75, 3.05) is 37.7 Å². The van der Waals surface area contributed by atoms with Gasteiger partial charge < -0.3 is 15.4 Å². The highest BCUT2D eigenvalue weighted by Gasteiger charge is 2.38. The first-order chi connectivity index (χ1) is 28.9. The number of carbonyl (C=O) groups is 2. The average molecular weight is 840 g/mol. The SMILES string of the molecule is CC(C)(C)OC(=O)N[C@H](CSC(c1ccccc1)(c1ccccc1)c1ccccc1)Cc1ccc(C(=O)C2CNCCN2CCS(=O)(=O)c2ccccc2)c2ccccc12. The van der Waals surface area contributed by atoms with Crippen molar-refractivity contribution in [1.82, 2.24) is 15.5 Å². The average Bonchev–Trinajstić information content (AvgIpc) is 3.26. The summed E-state index contributed by atoms with van der Waals surface area (Å²) in [7, 11) is -3.52. The molecule has 8 nitrogen and oxygen atoms in total. The van der Waals surface area contributed by atoms with Crippen LogP contribution in [0.25, 0.3) is 10.8 Å². The molecule has 1 unspecified atom stereocenters. The van der Waals surface area contributed by atoms with E-state index in [2.05, 4.69) is 83.4 Å². The number of carbonyl (C=O) groups excluding carboxylic acids is 2. The van der Waals surface area contributed by atoms with E-state index in [-0.39, 0.29) is 29.0 Å². The van der Waals surface area contributed by atoms with Crippen LogP contribution in [0, 0.1) is 0 Å². The Kier molecular flexibility index (Phi) is 13.6. The van der Waals surface area contributed by atoms with Gasteiger partial charge in [0.1, 0.15) is 5.60 Å². The van der Waals surface area contributed by atoms with Crippen molar-refractivity contribution in [3.05, 3.63) is 186 Å². The van der Waals surface area contributed by atoms with Crippen molar-refractivity contribution < 1.29 is 22.7 Å². The van der Waals surface area contributed by atoms with Gasteiger partial charge in [0.05, 0.1) is 21.4 Å². The van der Waals surface area contributed by atoms with Gasteiger partial charge in [-0.25, -0.2) is 13.2 Å². The molecule has 310 valence electrons. The molecule has 1 fully saturated rings. The van der Waals surface area contributed by atoms with Crippen LogP contribution in [-0.2, 0) is 25.7 Å². The number of sulfone groups is 1. The summed E-state index contributed by atoms with van der Waals surface area (Å²) in [5.41, 5.74) is 4.26. The van der Waals surface area contributed by atoms with Crippen molar-refractivity contribution >= 4 is 44.2 Å². The molecule has 2 N–H and O–H groups in total. The Morgan fingerprint density at radius 2 is 1.28 bits per heavy atom. The van der Waals surface area contributed by atoms with Crippen LogP contribution in [0.2, 0.25) is 0 Å². The molecule has 6 aromatic rings. The van der Waals surface area contributed by atoms with E-state index in [0.717, 1.165) is 33.0 Å². The normalized spacial score (nSPS) is 15.6. The molecule has 0 bridgehead atoms. The summed E-state index contributed by atoms with van der Waals surface area (Å²) >= 11 is 1.77. The Morgan fingerprint density at radius 1 is 0.750 bits per heavy atom. The minimum Gasteiger partial charge on any atom is -0.444 e. The summed E-state index contributed by atoms with van der Waals surface area (Å²) < 4.78 is 31.6. The Hall–Kier alpha value is -5.26. The molecule has 1 amide bonds. The number of nitrogens with one attached hydrogen (secondary N) is 2. The number of ketones is 1. The quantitative estimate of drug-likeness (QED) is 0.0781. The number of alkyl carbamates (subject to hydrolysis) is 1. The minimum atomic E-state index is -3.52. The zero-order valence-electron chi connectivity index (χ0n) is 34.4. The zero-order chi connectivity index (χ0) is 42.2. The second-order valence-electron chi connectivity index (χ2n) is 16.2. The van der Waals surface area contributed by atoms with Crippen LogP contribution in [0.5, 0.6) is 0 Å². The van der Waals surface area contributed by atoms with E-state index in [9.17, 15) is 18.0 Å². The van der Waals surface area contributed by atoms with Gasteiger partial charge in [-0.3, -0.25) is 9.69 Å². The molecule has 7 rings (SSSR count). The van der Waals surface area contributed by atoms with Crippen molar-refractivity contribution in [1.29, 1.82) is 0 Å². The molecule has 60 heavy (non-hydrogen) atoms. The zero-order valence-corrected chi connectivity index (χ0v) is 36.1. The smallest absolute Gasteiger partial charge is 0.407 e. The molecule has 1 aliphatic rings. The van der Waals surface area contributed by atoms with Crippen molar-refractivity contribution in [3.8, 4) is 0 Å². The second kappa shape index (κ2) is 19.0. The molecule has 0 aliphatic carbocycles. The summed E-state index contributed by atoms with van der Waals surface area (Å²) in [6.07, 6.45) is -0.0162. The maximum absolute atomic E-state index is 14.5. The second-order valence-corrected chi connectivity index (χ2v) is 19.6. The van der Waals surface area contributed by atoms with E-state index in [0.29, 0.717) is 37.4 Å². The van der Waals surface area contributed by atoms with Gasteiger partial charge in [0, 0.05) is 43.5 Å². The summed E-state index contributed by atoms with van der Waals surface area (Å²) in [6, 6.07) is 50.9. The first-order valence-corrected chi connectivity index (χ1v) is 23.2. The Balaban J connectivity index is 1.20. The van der Waals surface area contributed by atoms with Crippen LogP contribution < -0.4 is 10.6 Å². The fourth-order valence-electron chi connectivity index (χ4n) is 8.07. The maximum Gasteiger partial charge on any atom is 0.407 e. The monoisotopic (exact) mass is 839 g/mol. The minimum absolute atomic E-state index is 0.0561. The summed E-state index contributed by atoms with van der Waals surface area (Å²) in [4.78, 5) is 30.4. The Labute approximate surface area is 358 Å². The lowest BCUT2D eigenvalue weighted by molar-refractivity contribution is 0.0509. The largest absolute Gasteiger partial charge is 0.444 e. The topological polar surface area (TPSA) is 105 Å². The number of piperazine rings is 1. The summed E-state index contributed by atoms with van der Waals surface area (Å²) in [5.74, 6) is 0.394. The van der Waals surface area contributed by atoms with E-state index in [1.807, 2.05) is 80.3 Å². The third-order valence-electron chi connectivity index (χ3n) is 10.9. The number of hydrogen-bond donors (Lipinski definition) is 2. The van der Waals surface area contributed by atoms with Crippen LogP contribution in [0.15, 0.2) is 163 Å². The third kappa shape index (κ3) is 10.0. The number of rotatable bonds is 15. The molecule has 0 radical (unpaired) electrons. The van der Waals surface area contributed by atoms with Crippen molar-refractivity contribution in [2.45, 2.75) is 54.5 Å². The highest BCUT2D eigenvalue weighted by atomic mass is 32.2. The van der Waals surface area contributed by atoms with Crippen LogP contribution in [0.1, 0.15) is 53.4 Å². The van der Waals surface area contributed by atoms with E-state index in [4.69, 9.17) is 4.74 Å². The third-order valence-corrected chi connectivity index (χ3v) is 14.3. The molecular formula is C50H53N3O5S2. The van der Waals surface area contributed by atoms with Gasteiger partial charge in [0.25, 0.3) is 0 Å². The van der Waals surface area contributed by atoms with Crippen LogP contribution >= 0.6 is 11.8 Å². The first kappa shape index (κ1) is 42.8. The lowest BCUT2D eigenvalue weighted by Crippen LogP contribution is -2.55. The molecule has 1 aliphatic heterocycles. The number of hydrogen-bond acceptors (Lipinski definition) is 8.